The van der Waals surface area contributed by atoms with Crippen molar-refractivity contribution in [1.82, 2.24) is 5.32 Å². The van der Waals surface area contributed by atoms with E-state index in [-0.39, 0.29) is 6.04 Å². The van der Waals surface area contributed by atoms with Crippen LogP contribution in [0.3, 0.4) is 0 Å². The van der Waals surface area contributed by atoms with Crippen LogP contribution in [0.4, 0.5) is 0 Å². The number of carbonyl (C=O) groups is 1. The first-order valence-corrected chi connectivity index (χ1v) is 8.24. The lowest BCUT2D eigenvalue weighted by molar-refractivity contribution is -0.109. The molecule has 0 fully saturated rings. The van der Waals surface area contributed by atoms with Crippen LogP contribution in [0.25, 0.3) is 0 Å². The van der Waals surface area contributed by atoms with Gasteiger partial charge in [-0.05, 0) is 41.7 Å². The number of nitrogens with one attached hydrogen (secondary N) is 1. The van der Waals surface area contributed by atoms with E-state index in [1.807, 2.05) is 12.1 Å². The molecule has 122 valence electrons. The third kappa shape index (κ3) is 4.25. The number of benzene rings is 2. The van der Waals surface area contributed by atoms with E-state index in [1.54, 1.807) is 7.05 Å². The largest absolute Gasteiger partial charge is 0.362 e. The molecule has 0 radical (unpaired) electrons. The quantitative estimate of drug-likeness (QED) is 0.794. The highest BCUT2D eigenvalue weighted by Gasteiger charge is 2.26. The Kier molecular flexibility index (Phi) is 6.46. The summed E-state index contributed by atoms with van der Waals surface area (Å²) in [5.74, 6) is 0.366. The van der Waals surface area contributed by atoms with Gasteiger partial charge < -0.3 is 11.1 Å². The summed E-state index contributed by atoms with van der Waals surface area (Å²) in [7, 11) is 1.56. The number of hydrogen-bond donors (Lipinski definition) is 2. The van der Waals surface area contributed by atoms with E-state index in [9.17, 15) is 0 Å². The van der Waals surface area contributed by atoms with Crippen LogP contribution in [-0.2, 0) is 4.79 Å². The molecular weight excluding hydrogens is 331 g/mol. The second kappa shape index (κ2) is 8.34. The van der Waals surface area contributed by atoms with Gasteiger partial charge in [-0.2, -0.15) is 0 Å². The summed E-state index contributed by atoms with van der Waals surface area (Å²) < 4.78 is 0. The van der Waals surface area contributed by atoms with Crippen molar-refractivity contribution in [3.8, 4) is 0 Å². The second-order valence-electron chi connectivity index (χ2n) is 5.45. The van der Waals surface area contributed by atoms with Crippen molar-refractivity contribution in [3.05, 3.63) is 69.2 Å². The molecule has 0 saturated heterocycles. The van der Waals surface area contributed by atoms with Crippen LogP contribution in [0.15, 0.2) is 42.5 Å². The predicted octanol–water partition coefficient (Wildman–Crippen LogP) is 4.28. The summed E-state index contributed by atoms with van der Waals surface area (Å²) in [6.07, 6.45) is 2.68. The van der Waals surface area contributed by atoms with Crippen LogP contribution in [0.5, 0.6) is 0 Å². The lowest BCUT2D eigenvalue weighted by Crippen LogP contribution is -2.20. The summed E-state index contributed by atoms with van der Waals surface area (Å²) in [6, 6.07) is 14.5. The Morgan fingerprint density at radius 3 is 2.35 bits per heavy atom. The van der Waals surface area contributed by atoms with Gasteiger partial charge in [-0.15, -0.1) is 0 Å². The molecule has 0 heterocycles. The summed E-state index contributed by atoms with van der Waals surface area (Å²) in [5.41, 5.74) is 9.98. The van der Waals surface area contributed by atoms with Gasteiger partial charge in [0.15, 0.2) is 0 Å². The number of carbonyl (C=O) groups excluding carboxylic acids is 1. The van der Waals surface area contributed by atoms with E-state index in [2.05, 4.69) is 35.6 Å². The molecule has 2 aromatic carbocycles. The molecule has 2 atom stereocenters. The van der Waals surface area contributed by atoms with Crippen LogP contribution < -0.4 is 11.1 Å². The Hall–Kier alpha value is -1.55. The third-order valence-corrected chi connectivity index (χ3v) is 4.74. The zero-order valence-corrected chi connectivity index (χ0v) is 14.4. The maximum absolute atomic E-state index is 9.06. The topological polar surface area (TPSA) is 55.1 Å². The van der Waals surface area contributed by atoms with Gasteiger partial charge in [0.2, 0.25) is 6.41 Å². The Morgan fingerprint density at radius 2 is 1.74 bits per heavy atom. The van der Waals surface area contributed by atoms with Gasteiger partial charge in [0.25, 0.3) is 0 Å². The van der Waals surface area contributed by atoms with Crippen LogP contribution in [0.2, 0.25) is 10.0 Å². The van der Waals surface area contributed by atoms with Crippen molar-refractivity contribution in [2.75, 3.05) is 7.05 Å². The first-order valence-electron chi connectivity index (χ1n) is 7.48. The molecule has 5 heteroatoms. The first-order chi connectivity index (χ1) is 11.1. The lowest BCUT2D eigenvalue weighted by atomic mass is 9.77. The van der Waals surface area contributed by atoms with E-state index >= 15 is 0 Å². The van der Waals surface area contributed by atoms with Crippen molar-refractivity contribution < 1.29 is 4.79 Å². The molecule has 0 bridgehead atoms. The number of amides is 1. The normalized spacial score (nSPS) is 19.1. The predicted molar refractivity (Wildman–Crippen MR) is 96.0 cm³/mol. The fraction of sp³-hybridized carbons (Fsp3) is 0.278. The molecule has 1 amide bonds. The van der Waals surface area contributed by atoms with Crippen LogP contribution >= 0.6 is 23.2 Å². The number of rotatable bonds is 2. The van der Waals surface area contributed by atoms with Crippen molar-refractivity contribution in [1.29, 1.82) is 0 Å². The molecule has 0 aliphatic heterocycles. The molecule has 2 aromatic rings. The van der Waals surface area contributed by atoms with Crippen molar-refractivity contribution in [3.63, 3.8) is 0 Å². The third-order valence-electron chi connectivity index (χ3n) is 4.00. The summed E-state index contributed by atoms with van der Waals surface area (Å²) >= 11 is 12.1. The van der Waals surface area contributed by atoms with E-state index in [4.69, 9.17) is 33.7 Å². The van der Waals surface area contributed by atoms with E-state index < -0.39 is 0 Å². The second-order valence-corrected chi connectivity index (χ2v) is 6.26. The Bertz CT molecular complexity index is 676. The fourth-order valence-corrected chi connectivity index (χ4v) is 3.21. The zero-order valence-electron chi connectivity index (χ0n) is 12.9. The molecule has 0 aromatic heterocycles. The van der Waals surface area contributed by atoms with E-state index in [0.29, 0.717) is 22.4 Å². The first kappa shape index (κ1) is 17.8. The van der Waals surface area contributed by atoms with Gasteiger partial charge in [-0.1, -0.05) is 53.5 Å². The van der Waals surface area contributed by atoms with Gasteiger partial charge in [0, 0.05) is 19.0 Å². The molecule has 0 saturated carbocycles. The maximum Gasteiger partial charge on any atom is 0.206 e. The highest BCUT2D eigenvalue weighted by Crippen LogP contribution is 2.41. The minimum absolute atomic E-state index is 0.148. The highest BCUT2D eigenvalue weighted by atomic mass is 35.5. The van der Waals surface area contributed by atoms with Gasteiger partial charge in [0.05, 0.1) is 10.0 Å². The summed E-state index contributed by atoms with van der Waals surface area (Å²) in [5, 5.41) is 3.47. The highest BCUT2D eigenvalue weighted by molar-refractivity contribution is 6.42. The number of hydrogen-bond acceptors (Lipinski definition) is 2. The average Bonchev–Trinajstić information content (AvgIpc) is 2.58. The molecule has 3 nitrogen and oxygen atoms in total. The zero-order chi connectivity index (χ0) is 16.8. The Labute approximate surface area is 146 Å². The minimum atomic E-state index is 0.148. The lowest BCUT2D eigenvalue weighted by Gasteiger charge is -2.30. The molecule has 1 aliphatic rings. The van der Waals surface area contributed by atoms with Gasteiger partial charge >= 0.3 is 0 Å². The molecular formula is C18H20Cl2N2O. The molecule has 1 aliphatic carbocycles. The number of halogens is 2. The molecule has 3 N–H and O–H groups in total. The monoisotopic (exact) mass is 350 g/mol. The molecule has 2 unspecified atom stereocenters. The summed E-state index contributed by atoms with van der Waals surface area (Å²) in [6.45, 7) is 0. The van der Waals surface area contributed by atoms with E-state index in [0.717, 1.165) is 12.8 Å². The number of fused-ring (bicyclic) bond motifs is 1. The molecule has 23 heavy (non-hydrogen) atoms. The Morgan fingerprint density at radius 1 is 1.09 bits per heavy atom. The summed E-state index contributed by atoms with van der Waals surface area (Å²) in [4.78, 5) is 9.06. The SMILES string of the molecule is CNC=O.NC1CCC(c2ccc(Cl)c(Cl)c2)c2ccccc21. The van der Waals surface area contributed by atoms with Crippen LogP contribution in [0.1, 0.15) is 41.5 Å². The Balaban J connectivity index is 0.000000433. The van der Waals surface area contributed by atoms with Gasteiger partial charge in [-0.3, -0.25) is 4.79 Å². The fourth-order valence-electron chi connectivity index (χ4n) is 2.90. The molecule has 0 spiro atoms. The minimum Gasteiger partial charge on any atom is -0.362 e. The smallest absolute Gasteiger partial charge is 0.206 e. The average molecular weight is 351 g/mol. The van der Waals surface area contributed by atoms with Crippen molar-refractivity contribution in [2.24, 2.45) is 5.73 Å². The van der Waals surface area contributed by atoms with Gasteiger partial charge in [-0.25, -0.2) is 0 Å². The van der Waals surface area contributed by atoms with Crippen LogP contribution in [0, 0.1) is 0 Å². The van der Waals surface area contributed by atoms with Crippen molar-refractivity contribution in [2.45, 2.75) is 24.8 Å². The van der Waals surface area contributed by atoms with Crippen LogP contribution in [-0.4, -0.2) is 13.5 Å². The van der Waals surface area contributed by atoms with Gasteiger partial charge in [0.1, 0.15) is 0 Å². The maximum atomic E-state index is 9.06. The number of nitrogens with two attached hydrogens (primary N) is 1. The standard InChI is InChI=1S/C16H15Cl2N.C2H5NO/c17-14-7-5-10(9-15(14)18)11-6-8-16(19)13-4-2-1-3-12(11)13;1-3-2-4/h1-5,7,9,11,16H,6,8,19H2;2H,1H3,(H,3,4). The molecule has 3 rings (SSSR count). The van der Waals surface area contributed by atoms with E-state index in [1.165, 1.54) is 16.7 Å². The van der Waals surface area contributed by atoms with Crippen molar-refractivity contribution >= 4 is 29.6 Å².